The van der Waals surface area contributed by atoms with Gasteiger partial charge in [0, 0.05) is 11.6 Å². The molecule has 2 atom stereocenters. The first-order valence-corrected chi connectivity index (χ1v) is 5.09. The minimum atomic E-state index is -0.929. The van der Waals surface area contributed by atoms with Gasteiger partial charge in [-0.1, -0.05) is 13.0 Å². The molecular formula is C10H14N2O2S. The second-order valence-electron chi connectivity index (χ2n) is 3.48. The summed E-state index contributed by atoms with van der Waals surface area (Å²) < 4.78 is 0. The van der Waals surface area contributed by atoms with E-state index in [0.717, 1.165) is 11.3 Å². The predicted octanol–water partition coefficient (Wildman–Crippen LogP) is 1.46. The standard InChI is InChI=1S/C10H14N2O2S/c1-5(9(15)10(13)14)7-3-4-8(11)12-6(7)2/h3-5,9,15H,1-2H3,(H2,11,12)(H,13,14). The van der Waals surface area contributed by atoms with Crippen molar-refractivity contribution in [2.24, 2.45) is 0 Å². The maximum atomic E-state index is 10.8. The van der Waals surface area contributed by atoms with Crippen molar-refractivity contribution in [3.63, 3.8) is 0 Å². The SMILES string of the molecule is Cc1nc(N)ccc1C(C)C(S)C(=O)O. The molecule has 82 valence electrons. The van der Waals surface area contributed by atoms with Crippen LogP contribution in [0.4, 0.5) is 5.82 Å². The molecule has 2 unspecified atom stereocenters. The smallest absolute Gasteiger partial charge is 0.316 e. The zero-order valence-electron chi connectivity index (χ0n) is 8.64. The number of nitrogen functional groups attached to an aromatic ring is 1. The number of carboxylic acids is 1. The van der Waals surface area contributed by atoms with Crippen molar-refractivity contribution in [3.05, 3.63) is 23.4 Å². The zero-order chi connectivity index (χ0) is 11.6. The minimum Gasteiger partial charge on any atom is -0.480 e. The van der Waals surface area contributed by atoms with Crippen LogP contribution in [0.1, 0.15) is 24.1 Å². The van der Waals surface area contributed by atoms with Gasteiger partial charge in [-0.25, -0.2) is 4.98 Å². The Kier molecular flexibility index (Phi) is 3.57. The summed E-state index contributed by atoms with van der Waals surface area (Å²) in [6.07, 6.45) is 0. The van der Waals surface area contributed by atoms with E-state index in [1.807, 2.05) is 13.8 Å². The van der Waals surface area contributed by atoms with E-state index in [-0.39, 0.29) is 5.92 Å². The van der Waals surface area contributed by atoms with E-state index >= 15 is 0 Å². The van der Waals surface area contributed by atoms with Crippen LogP contribution in [0.15, 0.2) is 12.1 Å². The van der Waals surface area contributed by atoms with E-state index in [0.29, 0.717) is 5.82 Å². The molecule has 1 rings (SSSR count). The molecule has 1 aromatic rings. The molecule has 1 aromatic heterocycles. The lowest BCUT2D eigenvalue weighted by molar-refractivity contribution is -0.136. The van der Waals surface area contributed by atoms with Crippen molar-refractivity contribution >= 4 is 24.4 Å². The van der Waals surface area contributed by atoms with Crippen molar-refractivity contribution in [1.29, 1.82) is 0 Å². The summed E-state index contributed by atoms with van der Waals surface area (Å²) in [5, 5.41) is 8.11. The first kappa shape index (κ1) is 11.8. The van der Waals surface area contributed by atoms with Crippen LogP contribution in [0.25, 0.3) is 0 Å². The van der Waals surface area contributed by atoms with Crippen molar-refractivity contribution in [2.75, 3.05) is 5.73 Å². The summed E-state index contributed by atoms with van der Waals surface area (Å²) in [5.41, 5.74) is 7.14. The molecular weight excluding hydrogens is 212 g/mol. The Bertz CT molecular complexity index is 382. The monoisotopic (exact) mass is 226 g/mol. The van der Waals surface area contributed by atoms with Gasteiger partial charge in [-0.3, -0.25) is 4.79 Å². The van der Waals surface area contributed by atoms with Crippen molar-refractivity contribution in [2.45, 2.75) is 25.0 Å². The summed E-state index contributed by atoms with van der Waals surface area (Å²) in [5.74, 6) is -0.685. The van der Waals surface area contributed by atoms with Gasteiger partial charge in [0.2, 0.25) is 0 Å². The molecule has 0 fully saturated rings. The molecule has 1 heterocycles. The Labute approximate surface area is 93.9 Å². The number of aromatic nitrogens is 1. The molecule has 0 spiro atoms. The lowest BCUT2D eigenvalue weighted by Crippen LogP contribution is -2.21. The van der Waals surface area contributed by atoms with Gasteiger partial charge < -0.3 is 10.8 Å². The first-order chi connectivity index (χ1) is 6.93. The minimum absolute atomic E-state index is 0.195. The van der Waals surface area contributed by atoms with Gasteiger partial charge >= 0.3 is 5.97 Å². The van der Waals surface area contributed by atoms with Crippen LogP contribution >= 0.6 is 12.6 Å². The number of hydrogen-bond donors (Lipinski definition) is 3. The van der Waals surface area contributed by atoms with Gasteiger partial charge in [-0.15, -0.1) is 0 Å². The van der Waals surface area contributed by atoms with Gasteiger partial charge in [-0.2, -0.15) is 12.6 Å². The largest absolute Gasteiger partial charge is 0.480 e. The van der Waals surface area contributed by atoms with E-state index in [1.54, 1.807) is 12.1 Å². The Morgan fingerprint density at radius 2 is 2.20 bits per heavy atom. The molecule has 3 N–H and O–H groups in total. The van der Waals surface area contributed by atoms with Gasteiger partial charge in [0.25, 0.3) is 0 Å². The Morgan fingerprint density at radius 1 is 1.60 bits per heavy atom. The van der Waals surface area contributed by atoms with E-state index in [2.05, 4.69) is 17.6 Å². The molecule has 0 bridgehead atoms. The fraction of sp³-hybridized carbons (Fsp3) is 0.400. The summed E-state index contributed by atoms with van der Waals surface area (Å²) >= 11 is 4.05. The number of anilines is 1. The molecule has 0 aromatic carbocycles. The number of aliphatic carboxylic acids is 1. The van der Waals surface area contributed by atoms with Gasteiger partial charge in [0.05, 0.1) is 0 Å². The molecule has 0 saturated heterocycles. The number of pyridine rings is 1. The third-order valence-electron chi connectivity index (χ3n) is 2.37. The van der Waals surface area contributed by atoms with Gasteiger partial charge in [0.1, 0.15) is 11.1 Å². The Balaban J connectivity index is 3.01. The molecule has 15 heavy (non-hydrogen) atoms. The van der Waals surface area contributed by atoms with Crippen LogP contribution in [-0.2, 0) is 4.79 Å². The molecule has 0 amide bonds. The highest BCUT2D eigenvalue weighted by atomic mass is 32.1. The third kappa shape index (κ3) is 2.62. The summed E-state index contributed by atoms with van der Waals surface area (Å²) in [6, 6.07) is 3.47. The number of thiol groups is 1. The first-order valence-electron chi connectivity index (χ1n) is 4.57. The highest BCUT2D eigenvalue weighted by Gasteiger charge is 2.23. The van der Waals surface area contributed by atoms with Crippen molar-refractivity contribution < 1.29 is 9.90 Å². The average Bonchev–Trinajstić information content (AvgIpc) is 2.15. The van der Waals surface area contributed by atoms with Crippen LogP contribution < -0.4 is 5.73 Å². The Morgan fingerprint density at radius 3 is 2.67 bits per heavy atom. The third-order valence-corrected chi connectivity index (χ3v) is 3.03. The number of carbonyl (C=O) groups is 1. The van der Waals surface area contributed by atoms with Crippen LogP contribution in [0, 0.1) is 6.92 Å². The number of carboxylic acid groups (broad SMARTS) is 1. The second-order valence-corrected chi connectivity index (χ2v) is 4.04. The molecule has 0 aliphatic rings. The molecule has 0 aliphatic heterocycles. The molecule has 0 radical (unpaired) electrons. The van der Waals surface area contributed by atoms with Crippen molar-refractivity contribution in [3.8, 4) is 0 Å². The molecule has 4 nitrogen and oxygen atoms in total. The fourth-order valence-corrected chi connectivity index (χ4v) is 1.62. The maximum Gasteiger partial charge on any atom is 0.316 e. The summed E-state index contributed by atoms with van der Waals surface area (Å²) in [6.45, 7) is 3.62. The van der Waals surface area contributed by atoms with Crippen LogP contribution in [-0.4, -0.2) is 21.3 Å². The van der Waals surface area contributed by atoms with Crippen LogP contribution in [0.5, 0.6) is 0 Å². The van der Waals surface area contributed by atoms with Crippen molar-refractivity contribution in [1.82, 2.24) is 4.98 Å². The maximum absolute atomic E-state index is 10.8. The van der Waals surface area contributed by atoms with E-state index in [4.69, 9.17) is 10.8 Å². The quantitative estimate of drug-likeness (QED) is 0.682. The van der Waals surface area contributed by atoms with E-state index in [9.17, 15) is 4.79 Å². The predicted molar refractivity (Wildman–Crippen MR) is 62.2 cm³/mol. The van der Waals surface area contributed by atoms with Crippen LogP contribution in [0.3, 0.4) is 0 Å². The van der Waals surface area contributed by atoms with E-state index < -0.39 is 11.2 Å². The summed E-state index contributed by atoms with van der Waals surface area (Å²) in [7, 11) is 0. The van der Waals surface area contributed by atoms with Gasteiger partial charge in [0.15, 0.2) is 0 Å². The highest BCUT2D eigenvalue weighted by molar-refractivity contribution is 7.81. The number of rotatable bonds is 3. The number of nitrogens with zero attached hydrogens (tertiary/aromatic N) is 1. The summed E-state index contributed by atoms with van der Waals surface area (Å²) in [4.78, 5) is 14.9. The second kappa shape index (κ2) is 4.53. The average molecular weight is 226 g/mol. The fourth-order valence-electron chi connectivity index (χ4n) is 1.46. The number of aryl methyl sites for hydroxylation is 1. The van der Waals surface area contributed by atoms with Crippen LogP contribution in [0.2, 0.25) is 0 Å². The Hall–Kier alpha value is -1.23. The molecule has 0 aliphatic carbocycles. The topological polar surface area (TPSA) is 76.2 Å². The molecule has 5 heteroatoms. The highest BCUT2D eigenvalue weighted by Crippen LogP contribution is 2.25. The number of nitrogens with two attached hydrogens (primary N) is 1. The lowest BCUT2D eigenvalue weighted by Gasteiger charge is -2.17. The normalized spacial score (nSPS) is 14.6. The van der Waals surface area contributed by atoms with Gasteiger partial charge in [-0.05, 0) is 18.6 Å². The molecule has 0 saturated carbocycles. The number of hydrogen-bond acceptors (Lipinski definition) is 4. The zero-order valence-corrected chi connectivity index (χ0v) is 9.53. The van der Waals surface area contributed by atoms with E-state index in [1.165, 1.54) is 0 Å². The lowest BCUT2D eigenvalue weighted by atomic mass is 9.96.